The molecule has 3 nitrogen and oxygen atoms in total. The lowest BCUT2D eigenvalue weighted by Gasteiger charge is -2.17. The SMILES string of the molecule is CC1CCCC1NCCCn1cnc2ccccc21. The third-order valence-corrected chi connectivity index (χ3v) is 4.37. The van der Waals surface area contributed by atoms with Crippen LogP contribution in [0.1, 0.15) is 32.6 Å². The van der Waals surface area contributed by atoms with Gasteiger partial charge in [-0.05, 0) is 43.9 Å². The standard InChI is InChI=1S/C16H23N3/c1-13-6-4-8-14(13)17-10-5-11-19-12-18-15-7-2-3-9-16(15)19/h2-3,7,9,12-14,17H,4-6,8,10-11H2,1H3. The van der Waals surface area contributed by atoms with Gasteiger partial charge in [0.2, 0.25) is 0 Å². The van der Waals surface area contributed by atoms with Gasteiger partial charge in [0.25, 0.3) is 0 Å². The lowest BCUT2D eigenvalue weighted by Crippen LogP contribution is -2.32. The maximum absolute atomic E-state index is 4.43. The molecule has 0 spiro atoms. The molecule has 0 radical (unpaired) electrons. The molecule has 1 saturated carbocycles. The second-order valence-corrected chi connectivity index (χ2v) is 5.75. The van der Waals surface area contributed by atoms with E-state index in [1.807, 2.05) is 12.4 Å². The number of hydrogen-bond donors (Lipinski definition) is 1. The molecule has 1 aromatic carbocycles. The van der Waals surface area contributed by atoms with Crippen LogP contribution in [0.2, 0.25) is 0 Å². The molecule has 1 aromatic heterocycles. The first-order valence-corrected chi connectivity index (χ1v) is 7.48. The summed E-state index contributed by atoms with van der Waals surface area (Å²) in [7, 11) is 0. The van der Waals surface area contributed by atoms with Crippen LogP contribution in [-0.4, -0.2) is 22.1 Å². The summed E-state index contributed by atoms with van der Waals surface area (Å²) in [5.74, 6) is 0.856. The zero-order chi connectivity index (χ0) is 13.1. The predicted octanol–water partition coefficient (Wildman–Crippen LogP) is 3.20. The Kier molecular flexibility index (Phi) is 3.83. The Morgan fingerprint density at radius 3 is 3.05 bits per heavy atom. The molecule has 1 N–H and O–H groups in total. The molecule has 3 rings (SSSR count). The summed E-state index contributed by atoms with van der Waals surface area (Å²) < 4.78 is 2.26. The van der Waals surface area contributed by atoms with Crippen LogP contribution in [0.15, 0.2) is 30.6 Å². The van der Waals surface area contributed by atoms with Crippen LogP contribution in [0, 0.1) is 5.92 Å². The normalized spacial score (nSPS) is 23.2. The Bertz CT molecular complexity index is 532. The molecular weight excluding hydrogens is 234 g/mol. The Morgan fingerprint density at radius 2 is 2.21 bits per heavy atom. The van der Waals surface area contributed by atoms with E-state index >= 15 is 0 Å². The van der Waals surface area contributed by atoms with Gasteiger partial charge in [-0.1, -0.05) is 25.5 Å². The molecule has 1 fully saturated rings. The minimum Gasteiger partial charge on any atom is -0.331 e. The smallest absolute Gasteiger partial charge is 0.0958 e. The fraction of sp³-hybridized carbons (Fsp3) is 0.562. The van der Waals surface area contributed by atoms with Gasteiger partial charge in [0.1, 0.15) is 0 Å². The van der Waals surface area contributed by atoms with Gasteiger partial charge in [-0.25, -0.2) is 4.98 Å². The van der Waals surface area contributed by atoms with Gasteiger partial charge >= 0.3 is 0 Å². The van der Waals surface area contributed by atoms with Gasteiger partial charge in [-0.2, -0.15) is 0 Å². The van der Waals surface area contributed by atoms with Crippen LogP contribution in [0.3, 0.4) is 0 Å². The predicted molar refractivity (Wildman–Crippen MR) is 79.2 cm³/mol. The van der Waals surface area contributed by atoms with Crippen molar-refractivity contribution in [3.05, 3.63) is 30.6 Å². The molecule has 2 atom stereocenters. The summed E-state index contributed by atoms with van der Waals surface area (Å²) in [5, 5.41) is 3.71. The molecule has 1 heterocycles. The Morgan fingerprint density at radius 1 is 1.32 bits per heavy atom. The second kappa shape index (κ2) is 5.74. The number of nitrogens with one attached hydrogen (secondary N) is 1. The van der Waals surface area contributed by atoms with E-state index in [0.29, 0.717) is 0 Å². The van der Waals surface area contributed by atoms with Crippen molar-refractivity contribution in [3.63, 3.8) is 0 Å². The fourth-order valence-electron chi connectivity index (χ4n) is 3.17. The van der Waals surface area contributed by atoms with Gasteiger partial charge in [0, 0.05) is 12.6 Å². The Balaban J connectivity index is 1.50. The van der Waals surface area contributed by atoms with E-state index in [-0.39, 0.29) is 0 Å². The average Bonchev–Trinajstić information content (AvgIpc) is 3.02. The van der Waals surface area contributed by atoms with Crippen molar-refractivity contribution < 1.29 is 0 Å². The van der Waals surface area contributed by atoms with Crippen LogP contribution in [0.4, 0.5) is 0 Å². The van der Waals surface area contributed by atoms with Gasteiger partial charge in [0.15, 0.2) is 0 Å². The molecule has 102 valence electrons. The molecule has 1 aliphatic carbocycles. The van der Waals surface area contributed by atoms with Crippen molar-refractivity contribution in [1.82, 2.24) is 14.9 Å². The monoisotopic (exact) mass is 257 g/mol. The van der Waals surface area contributed by atoms with Crippen LogP contribution < -0.4 is 5.32 Å². The number of fused-ring (bicyclic) bond motifs is 1. The van der Waals surface area contributed by atoms with Crippen LogP contribution in [-0.2, 0) is 6.54 Å². The lowest BCUT2D eigenvalue weighted by molar-refractivity contribution is 0.418. The average molecular weight is 257 g/mol. The molecule has 2 unspecified atom stereocenters. The van der Waals surface area contributed by atoms with Crippen LogP contribution >= 0.6 is 0 Å². The van der Waals surface area contributed by atoms with E-state index in [4.69, 9.17) is 0 Å². The molecule has 0 amide bonds. The highest BCUT2D eigenvalue weighted by Crippen LogP contribution is 2.24. The summed E-state index contributed by atoms with van der Waals surface area (Å²) in [6.45, 7) is 4.53. The van der Waals surface area contributed by atoms with Crippen molar-refractivity contribution in [2.75, 3.05) is 6.54 Å². The van der Waals surface area contributed by atoms with Crippen molar-refractivity contribution in [3.8, 4) is 0 Å². The van der Waals surface area contributed by atoms with E-state index in [1.165, 1.54) is 31.2 Å². The largest absolute Gasteiger partial charge is 0.331 e. The molecule has 19 heavy (non-hydrogen) atoms. The first-order chi connectivity index (χ1) is 9.34. The molecule has 2 aromatic rings. The minimum absolute atomic E-state index is 0.750. The van der Waals surface area contributed by atoms with E-state index in [0.717, 1.165) is 30.6 Å². The summed E-state index contributed by atoms with van der Waals surface area (Å²) in [6.07, 6.45) is 7.27. The highest BCUT2D eigenvalue weighted by Gasteiger charge is 2.21. The third-order valence-electron chi connectivity index (χ3n) is 4.37. The first kappa shape index (κ1) is 12.7. The van der Waals surface area contributed by atoms with Crippen molar-refractivity contribution in [2.45, 2.75) is 45.2 Å². The van der Waals surface area contributed by atoms with E-state index in [2.05, 4.69) is 40.0 Å². The molecule has 3 heteroatoms. The van der Waals surface area contributed by atoms with Gasteiger partial charge in [-0.15, -0.1) is 0 Å². The topological polar surface area (TPSA) is 29.9 Å². The summed E-state index contributed by atoms with van der Waals surface area (Å²) >= 11 is 0. The number of benzene rings is 1. The van der Waals surface area contributed by atoms with E-state index < -0.39 is 0 Å². The van der Waals surface area contributed by atoms with Crippen LogP contribution in [0.5, 0.6) is 0 Å². The van der Waals surface area contributed by atoms with Gasteiger partial charge in [-0.3, -0.25) is 0 Å². The molecule has 0 bridgehead atoms. The van der Waals surface area contributed by atoms with Crippen molar-refractivity contribution >= 4 is 11.0 Å². The van der Waals surface area contributed by atoms with Gasteiger partial charge in [0.05, 0.1) is 17.4 Å². The third kappa shape index (κ3) is 2.81. The summed E-state index contributed by atoms with van der Waals surface area (Å²) in [5.41, 5.74) is 2.34. The Hall–Kier alpha value is -1.35. The maximum Gasteiger partial charge on any atom is 0.0958 e. The number of aryl methyl sites for hydroxylation is 1. The van der Waals surface area contributed by atoms with E-state index in [1.54, 1.807) is 0 Å². The number of nitrogens with zero attached hydrogens (tertiary/aromatic N) is 2. The molecule has 0 saturated heterocycles. The lowest BCUT2D eigenvalue weighted by atomic mass is 10.1. The molecule has 1 aliphatic rings. The highest BCUT2D eigenvalue weighted by molar-refractivity contribution is 5.74. The summed E-state index contributed by atoms with van der Waals surface area (Å²) in [6, 6.07) is 9.10. The molecular formula is C16H23N3. The summed E-state index contributed by atoms with van der Waals surface area (Å²) in [4.78, 5) is 4.43. The van der Waals surface area contributed by atoms with Crippen molar-refractivity contribution in [2.24, 2.45) is 5.92 Å². The van der Waals surface area contributed by atoms with E-state index in [9.17, 15) is 0 Å². The number of imidazole rings is 1. The number of aromatic nitrogens is 2. The quantitative estimate of drug-likeness (QED) is 0.834. The highest BCUT2D eigenvalue weighted by atomic mass is 15.0. The minimum atomic E-state index is 0.750. The zero-order valence-corrected chi connectivity index (χ0v) is 11.7. The van der Waals surface area contributed by atoms with Gasteiger partial charge < -0.3 is 9.88 Å². The fourth-order valence-corrected chi connectivity index (χ4v) is 3.17. The Labute approximate surface area is 115 Å². The number of rotatable bonds is 5. The maximum atomic E-state index is 4.43. The first-order valence-electron chi connectivity index (χ1n) is 7.48. The van der Waals surface area contributed by atoms with Crippen LogP contribution in [0.25, 0.3) is 11.0 Å². The number of para-hydroxylation sites is 2. The zero-order valence-electron chi connectivity index (χ0n) is 11.7. The number of hydrogen-bond acceptors (Lipinski definition) is 2. The second-order valence-electron chi connectivity index (χ2n) is 5.75. The molecule has 0 aliphatic heterocycles. The van der Waals surface area contributed by atoms with Crippen molar-refractivity contribution in [1.29, 1.82) is 0 Å².